The van der Waals surface area contributed by atoms with Crippen LogP contribution in [-0.2, 0) is 19.9 Å². The minimum Gasteiger partial charge on any atom is -0.343 e. The first-order valence-electron chi connectivity index (χ1n) is 8.77. The first kappa shape index (κ1) is 16.9. The number of fused-ring (bicyclic) bond motifs is 2. The summed E-state index contributed by atoms with van der Waals surface area (Å²) < 4.78 is 1.42. The Kier molecular flexibility index (Phi) is 4.32. The molecule has 1 aromatic carbocycles. The fourth-order valence-electron chi connectivity index (χ4n) is 3.25. The van der Waals surface area contributed by atoms with E-state index in [0.717, 1.165) is 17.8 Å². The number of hydrogen-bond donors (Lipinski definition) is 1. The average Bonchev–Trinajstić information content (AvgIpc) is 3.09. The second-order valence-corrected chi connectivity index (χ2v) is 7.83. The third kappa shape index (κ3) is 3.03. The van der Waals surface area contributed by atoms with Gasteiger partial charge in [-0.3, -0.25) is 9.59 Å². The molecule has 0 radical (unpaired) electrons. The SMILES string of the molecule is CC(NC(=O)c1ccc2c(=O)n(C)cnc2c1)c1nc2c(s1)CCCC2. The van der Waals surface area contributed by atoms with Gasteiger partial charge in [-0.15, -0.1) is 11.3 Å². The van der Waals surface area contributed by atoms with Gasteiger partial charge in [0.1, 0.15) is 5.01 Å². The Morgan fingerprint density at radius 3 is 2.92 bits per heavy atom. The van der Waals surface area contributed by atoms with Crippen LogP contribution in [0.3, 0.4) is 0 Å². The second-order valence-electron chi connectivity index (χ2n) is 6.72. The predicted molar refractivity (Wildman–Crippen MR) is 102 cm³/mol. The molecule has 1 aliphatic carbocycles. The largest absolute Gasteiger partial charge is 0.343 e. The fraction of sp³-hybridized carbons (Fsp3) is 0.368. The maximum Gasteiger partial charge on any atom is 0.260 e. The fourth-order valence-corrected chi connectivity index (χ4v) is 4.41. The summed E-state index contributed by atoms with van der Waals surface area (Å²) in [4.78, 5) is 35.0. The topological polar surface area (TPSA) is 76.9 Å². The number of hydrogen-bond acceptors (Lipinski definition) is 5. The van der Waals surface area contributed by atoms with E-state index in [-0.39, 0.29) is 17.5 Å². The van der Waals surface area contributed by atoms with Gasteiger partial charge in [0.15, 0.2) is 0 Å². The molecular weight excluding hydrogens is 348 g/mol. The van der Waals surface area contributed by atoms with Crippen LogP contribution in [0.25, 0.3) is 10.9 Å². The van der Waals surface area contributed by atoms with Crippen LogP contribution in [0.15, 0.2) is 29.3 Å². The summed E-state index contributed by atoms with van der Waals surface area (Å²) in [6.07, 6.45) is 6.02. The molecule has 1 unspecified atom stereocenters. The van der Waals surface area contributed by atoms with Crippen molar-refractivity contribution in [2.75, 3.05) is 0 Å². The molecule has 0 bridgehead atoms. The molecule has 134 valence electrons. The Morgan fingerprint density at radius 2 is 2.12 bits per heavy atom. The van der Waals surface area contributed by atoms with Crippen molar-refractivity contribution in [2.24, 2.45) is 7.05 Å². The van der Waals surface area contributed by atoms with Crippen LogP contribution in [0.5, 0.6) is 0 Å². The molecule has 3 aromatic rings. The molecular formula is C19H20N4O2S. The Balaban J connectivity index is 1.56. The number of amides is 1. The molecule has 1 aliphatic rings. The molecule has 0 fully saturated rings. The summed E-state index contributed by atoms with van der Waals surface area (Å²) in [6, 6.07) is 4.84. The van der Waals surface area contributed by atoms with E-state index >= 15 is 0 Å². The van der Waals surface area contributed by atoms with Gasteiger partial charge < -0.3 is 9.88 Å². The van der Waals surface area contributed by atoms with E-state index in [9.17, 15) is 9.59 Å². The molecule has 2 aromatic heterocycles. The van der Waals surface area contributed by atoms with Crippen molar-refractivity contribution in [3.63, 3.8) is 0 Å². The smallest absolute Gasteiger partial charge is 0.260 e. The molecule has 26 heavy (non-hydrogen) atoms. The Bertz CT molecular complexity index is 1030. The normalized spacial score (nSPS) is 14.8. The highest BCUT2D eigenvalue weighted by Gasteiger charge is 2.20. The Labute approximate surface area is 154 Å². The molecule has 0 saturated carbocycles. The highest BCUT2D eigenvalue weighted by Crippen LogP contribution is 2.29. The van der Waals surface area contributed by atoms with Crippen molar-refractivity contribution in [3.8, 4) is 0 Å². The van der Waals surface area contributed by atoms with Gasteiger partial charge in [0.25, 0.3) is 11.5 Å². The molecule has 0 saturated heterocycles. The average molecular weight is 368 g/mol. The minimum absolute atomic E-state index is 0.122. The first-order valence-corrected chi connectivity index (χ1v) is 9.59. The summed E-state index contributed by atoms with van der Waals surface area (Å²) in [5, 5.41) is 4.47. The van der Waals surface area contributed by atoms with Gasteiger partial charge in [-0.2, -0.15) is 0 Å². The van der Waals surface area contributed by atoms with E-state index in [1.807, 2.05) is 6.92 Å². The number of nitrogens with zero attached hydrogens (tertiary/aromatic N) is 3. The van der Waals surface area contributed by atoms with E-state index < -0.39 is 0 Å². The molecule has 0 spiro atoms. The van der Waals surface area contributed by atoms with Crippen LogP contribution >= 0.6 is 11.3 Å². The van der Waals surface area contributed by atoms with Gasteiger partial charge in [0.05, 0.1) is 29.0 Å². The number of benzene rings is 1. The number of aryl methyl sites for hydroxylation is 3. The summed E-state index contributed by atoms with van der Waals surface area (Å²) in [7, 11) is 1.66. The molecule has 7 heteroatoms. The van der Waals surface area contributed by atoms with Gasteiger partial charge in [-0.1, -0.05) is 0 Å². The first-order chi connectivity index (χ1) is 12.5. The van der Waals surface area contributed by atoms with E-state index in [2.05, 4.69) is 10.3 Å². The number of thiazole rings is 1. The standard InChI is InChI=1S/C19H20N4O2S/c1-11(18-22-14-5-3-4-6-16(14)26-18)21-17(24)12-7-8-13-15(9-12)20-10-23(2)19(13)25/h7-11H,3-6H2,1-2H3,(H,21,24). The van der Waals surface area contributed by atoms with E-state index in [4.69, 9.17) is 4.98 Å². The lowest BCUT2D eigenvalue weighted by Gasteiger charge is -2.11. The lowest BCUT2D eigenvalue weighted by Crippen LogP contribution is -2.26. The predicted octanol–water partition coefficient (Wildman–Crippen LogP) is 2.76. The summed E-state index contributed by atoms with van der Waals surface area (Å²) >= 11 is 1.70. The quantitative estimate of drug-likeness (QED) is 0.771. The number of carbonyl (C=O) groups is 1. The lowest BCUT2D eigenvalue weighted by molar-refractivity contribution is 0.0940. The molecule has 4 rings (SSSR count). The third-order valence-electron chi connectivity index (χ3n) is 4.76. The number of aromatic nitrogens is 3. The van der Waals surface area contributed by atoms with Crippen LogP contribution < -0.4 is 10.9 Å². The molecule has 0 aliphatic heterocycles. The second kappa shape index (κ2) is 6.64. The van der Waals surface area contributed by atoms with Crippen molar-refractivity contribution >= 4 is 28.1 Å². The number of nitrogens with one attached hydrogen (secondary N) is 1. The maximum atomic E-state index is 12.6. The van der Waals surface area contributed by atoms with Gasteiger partial charge in [-0.05, 0) is 50.8 Å². The summed E-state index contributed by atoms with van der Waals surface area (Å²) in [5.74, 6) is -0.185. The highest BCUT2D eigenvalue weighted by molar-refractivity contribution is 7.11. The lowest BCUT2D eigenvalue weighted by atomic mass is 10.0. The van der Waals surface area contributed by atoms with Gasteiger partial charge >= 0.3 is 0 Å². The summed E-state index contributed by atoms with van der Waals surface area (Å²) in [5.41, 5.74) is 2.09. The van der Waals surface area contributed by atoms with Gasteiger partial charge in [0.2, 0.25) is 0 Å². The molecule has 1 amide bonds. The van der Waals surface area contributed by atoms with Gasteiger partial charge in [-0.25, -0.2) is 9.97 Å². The van der Waals surface area contributed by atoms with E-state index in [0.29, 0.717) is 16.5 Å². The van der Waals surface area contributed by atoms with Crippen molar-refractivity contribution in [1.29, 1.82) is 0 Å². The van der Waals surface area contributed by atoms with Crippen LogP contribution in [0.1, 0.15) is 51.7 Å². The van der Waals surface area contributed by atoms with Crippen molar-refractivity contribution in [3.05, 3.63) is 56.0 Å². The van der Waals surface area contributed by atoms with Gasteiger partial charge in [0, 0.05) is 17.5 Å². The monoisotopic (exact) mass is 368 g/mol. The number of carbonyl (C=O) groups excluding carboxylic acids is 1. The molecule has 2 heterocycles. The maximum absolute atomic E-state index is 12.6. The van der Waals surface area contributed by atoms with Crippen LogP contribution in [0.4, 0.5) is 0 Å². The van der Waals surface area contributed by atoms with E-state index in [1.54, 1.807) is 36.6 Å². The zero-order chi connectivity index (χ0) is 18.3. The van der Waals surface area contributed by atoms with Crippen LogP contribution in [0, 0.1) is 0 Å². The zero-order valence-corrected chi connectivity index (χ0v) is 15.6. The Hall–Kier alpha value is -2.54. The molecule has 1 N–H and O–H groups in total. The van der Waals surface area contributed by atoms with E-state index in [1.165, 1.54) is 34.3 Å². The zero-order valence-electron chi connectivity index (χ0n) is 14.8. The highest BCUT2D eigenvalue weighted by atomic mass is 32.1. The summed E-state index contributed by atoms with van der Waals surface area (Å²) in [6.45, 7) is 1.96. The Morgan fingerprint density at radius 1 is 1.31 bits per heavy atom. The van der Waals surface area contributed by atoms with Crippen molar-refractivity contribution in [2.45, 2.75) is 38.6 Å². The third-order valence-corrected chi connectivity index (χ3v) is 6.10. The van der Waals surface area contributed by atoms with Crippen LogP contribution in [-0.4, -0.2) is 20.4 Å². The van der Waals surface area contributed by atoms with Crippen LogP contribution in [0.2, 0.25) is 0 Å². The number of rotatable bonds is 3. The van der Waals surface area contributed by atoms with Crippen molar-refractivity contribution < 1.29 is 4.79 Å². The molecule has 1 atom stereocenters. The molecule has 6 nitrogen and oxygen atoms in total. The minimum atomic E-state index is -0.185. The van der Waals surface area contributed by atoms with Crippen molar-refractivity contribution in [1.82, 2.24) is 19.9 Å².